The Kier molecular flexibility index (Phi) is 5.20. The fourth-order valence-electron chi connectivity index (χ4n) is 3.27. The molecular formula is C15H22ClFN2. The quantitative estimate of drug-likeness (QED) is 0.642. The summed E-state index contributed by atoms with van der Waals surface area (Å²) in [6, 6.07) is 4.61. The highest BCUT2D eigenvalue weighted by atomic mass is 35.5. The van der Waals surface area contributed by atoms with Crippen LogP contribution in [0.4, 0.5) is 4.39 Å². The molecule has 106 valence electrons. The highest BCUT2D eigenvalue weighted by Gasteiger charge is 2.30. The lowest BCUT2D eigenvalue weighted by Crippen LogP contribution is -2.36. The first-order valence-electron chi connectivity index (χ1n) is 7.07. The molecule has 0 amide bonds. The summed E-state index contributed by atoms with van der Waals surface area (Å²) in [6.07, 6.45) is 5.81. The van der Waals surface area contributed by atoms with Gasteiger partial charge in [0.1, 0.15) is 5.82 Å². The summed E-state index contributed by atoms with van der Waals surface area (Å²) in [5, 5.41) is 0.460. The maximum absolute atomic E-state index is 14.0. The predicted octanol–water partition coefficient (Wildman–Crippen LogP) is 4.20. The van der Waals surface area contributed by atoms with Gasteiger partial charge in [-0.1, -0.05) is 43.9 Å². The first kappa shape index (κ1) is 14.8. The van der Waals surface area contributed by atoms with E-state index < -0.39 is 0 Å². The maximum Gasteiger partial charge on any atom is 0.129 e. The molecule has 3 N–H and O–H groups in total. The molecule has 3 atom stereocenters. The van der Waals surface area contributed by atoms with Crippen LogP contribution in [0.3, 0.4) is 0 Å². The van der Waals surface area contributed by atoms with Crippen molar-refractivity contribution < 1.29 is 4.39 Å². The van der Waals surface area contributed by atoms with Crippen LogP contribution in [0.15, 0.2) is 18.2 Å². The maximum atomic E-state index is 14.0. The monoisotopic (exact) mass is 284 g/mol. The van der Waals surface area contributed by atoms with Gasteiger partial charge in [0.25, 0.3) is 0 Å². The summed E-state index contributed by atoms with van der Waals surface area (Å²) < 4.78 is 14.0. The van der Waals surface area contributed by atoms with E-state index in [1.54, 1.807) is 12.1 Å². The largest absolute Gasteiger partial charge is 0.271 e. The molecule has 0 saturated heterocycles. The minimum Gasteiger partial charge on any atom is -0.271 e. The number of nitrogens with one attached hydrogen (secondary N) is 1. The molecule has 1 aliphatic rings. The van der Waals surface area contributed by atoms with Crippen LogP contribution in [0.5, 0.6) is 0 Å². The van der Waals surface area contributed by atoms with E-state index >= 15 is 0 Å². The van der Waals surface area contributed by atoms with E-state index in [2.05, 4.69) is 12.3 Å². The summed E-state index contributed by atoms with van der Waals surface area (Å²) >= 11 is 6.16. The van der Waals surface area contributed by atoms with Gasteiger partial charge in [-0.05, 0) is 36.8 Å². The van der Waals surface area contributed by atoms with E-state index in [0.29, 0.717) is 16.5 Å². The molecule has 1 aromatic carbocycles. The molecule has 0 spiro atoms. The fraction of sp³-hybridized carbons (Fsp3) is 0.600. The second-order valence-corrected chi connectivity index (χ2v) is 5.89. The number of halogens is 2. The molecule has 0 radical (unpaired) electrons. The molecule has 0 bridgehead atoms. The van der Waals surface area contributed by atoms with Gasteiger partial charge in [-0.15, -0.1) is 0 Å². The van der Waals surface area contributed by atoms with Gasteiger partial charge in [0, 0.05) is 10.6 Å². The third kappa shape index (κ3) is 3.28. The van der Waals surface area contributed by atoms with E-state index in [1.165, 1.54) is 25.3 Å². The third-order valence-corrected chi connectivity index (χ3v) is 4.69. The zero-order valence-corrected chi connectivity index (χ0v) is 12.1. The molecule has 1 aliphatic carbocycles. The summed E-state index contributed by atoms with van der Waals surface area (Å²) in [5.74, 6) is 6.50. The Bertz CT molecular complexity index is 404. The van der Waals surface area contributed by atoms with Gasteiger partial charge in [-0.25, -0.2) is 4.39 Å². The first-order valence-corrected chi connectivity index (χ1v) is 7.45. The Morgan fingerprint density at radius 1 is 1.47 bits per heavy atom. The number of hydrazine groups is 1. The van der Waals surface area contributed by atoms with Crippen LogP contribution < -0.4 is 11.3 Å². The summed E-state index contributed by atoms with van der Waals surface area (Å²) in [7, 11) is 0. The molecule has 19 heavy (non-hydrogen) atoms. The zero-order chi connectivity index (χ0) is 13.8. The van der Waals surface area contributed by atoms with Crippen LogP contribution >= 0.6 is 11.6 Å². The van der Waals surface area contributed by atoms with Crippen molar-refractivity contribution in [2.24, 2.45) is 17.7 Å². The standard InChI is InChI=1S/C15H22ClFN2/c1-2-10-5-3-6-11(9-10)15(19-18)14-12(16)7-4-8-13(14)17/h4,7-8,10-11,15,19H,2-3,5-6,9,18H2,1H3. The fourth-order valence-corrected chi connectivity index (χ4v) is 3.55. The summed E-state index contributed by atoms with van der Waals surface area (Å²) in [6.45, 7) is 2.22. The van der Waals surface area contributed by atoms with Gasteiger partial charge in [0.05, 0.1) is 6.04 Å². The molecule has 4 heteroatoms. The second-order valence-electron chi connectivity index (χ2n) is 5.48. The van der Waals surface area contributed by atoms with E-state index in [4.69, 9.17) is 17.4 Å². The normalized spacial score (nSPS) is 25.3. The van der Waals surface area contributed by atoms with Crippen molar-refractivity contribution in [2.45, 2.75) is 45.1 Å². The van der Waals surface area contributed by atoms with Crippen molar-refractivity contribution in [1.29, 1.82) is 0 Å². The van der Waals surface area contributed by atoms with Gasteiger partial charge in [0.2, 0.25) is 0 Å². The third-order valence-electron chi connectivity index (χ3n) is 4.36. The molecule has 1 saturated carbocycles. The molecule has 1 fully saturated rings. The Hall–Kier alpha value is -0.640. The van der Waals surface area contributed by atoms with Crippen LogP contribution in [0, 0.1) is 17.7 Å². The van der Waals surface area contributed by atoms with Gasteiger partial charge >= 0.3 is 0 Å². The lowest BCUT2D eigenvalue weighted by atomic mass is 9.75. The molecule has 3 unspecified atom stereocenters. The van der Waals surface area contributed by atoms with E-state index in [0.717, 1.165) is 18.8 Å². The summed E-state index contributed by atoms with van der Waals surface area (Å²) in [5.41, 5.74) is 3.31. The predicted molar refractivity (Wildman–Crippen MR) is 77.2 cm³/mol. The molecule has 2 rings (SSSR count). The summed E-state index contributed by atoms with van der Waals surface area (Å²) in [4.78, 5) is 0. The van der Waals surface area contributed by atoms with Crippen LogP contribution in [0.25, 0.3) is 0 Å². The lowest BCUT2D eigenvalue weighted by Gasteiger charge is -2.34. The Morgan fingerprint density at radius 3 is 2.89 bits per heavy atom. The Labute approximate surface area is 119 Å². The van der Waals surface area contributed by atoms with E-state index in [9.17, 15) is 4.39 Å². The minimum absolute atomic E-state index is 0.192. The SMILES string of the molecule is CCC1CCCC(C(NN)c2c(F)cccc2Cl)C1. The van der Waals surface area contributed by atoms with Crippen molar-refractivity contribution in [1.82, 2.24) is 5.43 Å². The van der Waals surface area contributed by atoms with Crippen molar-refractivity contribution >= 4 is 11.6 Å². The molecular weight excluding hydrogens is 263 g/mol. The number of nitrogens with two attached hydrogens (primary N) is 1. The average Bonchev–Trinajstić information content (AvgIpc) is 2.43. The number of benzene rings is 1. The van der Waals surface area contributed by atoms with Crippen LogP contribution in [-0.4, -0.2) is 0 Å². The molecule has 0 heterocycles. The Morgan fingerprint density at radius 2 is 2.26 bits per heavy atom. The highest BCUT2D eigenvalue weighted by molar-refractivity contribution is 6.31. The van der Waals surface area contributed by atoms with Crippen LogP contribution in [0.2, 0.25) is 5.02 Å². The number of rotatable bonds is 4. The average molecular weight is 285 g/mol. The number of hydrogen-bond donors (Lipinski definition) is 2. The van der Waals surface area contributed by atoms with Crippen molar-refractivity contribution in [3.8, 4) is 0 Å². The van der Waals surface area contributed by atoms with Gasteiger partial charge in [-0.2, -0.15) is 0 Å². The number of hydrogen-bond acceptors (Lipinski definition) is 2. The van der Waals surface area contributed by atoms with Crippen LogP contribution in [0.1, 0.15) is 50.6 Å². The van der Waals surface area contributed by atoms with E-state index in [-0.39, 0.29) is 11.9 Å². The molecule has 2 nitrogen and oxygen atoms in total. The molecule has 0 aliphatic heterocycles. The van der Waals surface area contributed by atoms with Crippen molar-refractivity contribution in [3.05, 3.63) is 34.6 Å². The zero-order valence-electron chi connectivity index (χ0n) is 11.3. The molecule has 1 aromatic rings. The first-order chi connectivity index (χ1) is 9.17. The van der Waals surface area contributed by atoms with Gasteiger partial charge in [-0.3, -0.25) is 11.3 Å². The smallest absolute Gasteiger partial charge is 0.129 e. The van der Waals surface area contributed by atoms with Crippen molar-refractivity contribution in [3.63, 3.8) is 0 Å². The molecule has 0 aromatic heterocycles. The minimum atomic E-state index is -0.269. The van der Waals surface area contributed by atoms with Crippen molar-refractivity contribution in [2.75, 3.05) is 0 Å². The Balaban J connectivity index is 2.24. The highest BCUT2D eigenvalue weighted by Crippen LogP contribution is 2.40. The lowest BCUT2D eigenvalue weighted by molar-refractivity contribution is 0.207. The second kappa shape index (κ2) is 6.69. The van der Waals surface area contributed by atoms with Gasteiger partial charge < -0.3 is 0 Å². The van der Waals surface area contributed by atoms with Gasteiger partial charge in [0.15, 0.2) is 0 Å². The van der Waals surface area contributed by atoms with Crippen LogP contribution in [-0.2, 0) is 0 Å². The topological polar surface area (TPSA) is 38.0 Å². The van der Waals surface area contributed by atoms with E-state index in [1.807, 2.05) is 0 Å².